The second-order valence-corrected chi connectivity index (χ2v) is 6.54. The predicted molar refractivity (Wildman–Crippen MR) is 88.2 cm³/mol. The fraction of sp³-hybridized carbons (Fsp3) is 0.824. The normalized spacial score (nSPS) is 24.2. The lowest BCUT2D eigenvalue weighted by atomic mass is 9.92. The highest BCUT2D eigenvalue weighted by Gasteiger charge is 2.28. The second kappa shape index (κ2) is 7.64. The maximum atomic E-state index is 6.59. The summed E-state index contributed by atoms with van der Waals surface area (Å²) < 4.78 is 7.86. The molecule has 0 spiro atoms. The fourth-order valence-corrected chi connectivity index (χ4v) is 3.82. The summed E-state index contributed by atoms with van der Waals surface area (Å²) in [5.74, 6) is 0. The van der Waals surface area contributed by atoms with Gasteiger partial charge in [0.25, 0.3) is 0 Å². The van der Waals surface area contributed by atoms with Crippen LogP contribution < -0.4 is 0 Å². The van der Waals surface area contributed by atoms with Gasteiger partial charge in [0.2, 0.25) is 0 Å². The van der Waals surface area contributed by atoms with E-state index in [0.29, 0.717) is 12.1 Å². The number of aryl methyl sites for hydroxylation is 1. The van der Waals surface area contributed by atoms with Crippen LogP contribution in [0.1, 0.15) is 81.2 Å². The molecule has 1 saturated carbocycles. The molecule has 1 aliphatic carbocycles. The second-order valence-electron chi connectivity index (χ2n) is 6.01. The summed E-state index contributed by atoms with van der Waals surface area (Å²) in [5.41, 5.74) is 3.83. The van der Waals surface area contributed by atoms with Gasteiger partial charge in [-0.1, -0.05) is 20.8 Å². The third-order valence-electron chi connectivity index (χ3n) is 4.75. The lowest BCUT2D eigenvalue weighted by Gasteiger charge is -2.29. The van der Waals surface area contributed by atoms with Crippen molar-refractivity contribution in [2.24, 2.45) is 0 Å². The summed E-state index contributed by atoms with van der Waals surface area (Å²) in [6, 6.07) is 0.471. The molecule has 0 bridgehead atoms. The van der Waals surface area contributed by atoms with Crippen LogP contribution in [0, 0.1) is 0 Å². The zero-order valence-corrected chi connectivity index (χ0v) is 14.6. The number of hydrogen-bond donors (Lipinski definition) is 0. The van der Waals surface area contributed by atoms with Crippen LogP contribution in [-0.4, -0.2) is 23.0 Å². The molecule has 0 amide bonds. The number of methoxy groups -OCH3 is 1. The first-order valence-electron chi connectivity index (χ1n) is 8.43. The van der Waals surface area contributed by atoms with Crippen LogP contribution in [0.15, 0.2) is 0 Å². The Kier molecular flexibility index (Phi) is 6.12. The highest BCUT2D eigenvalue weighted by atomic mass is 35.5. The van der Waals surface area contributed by atoms with Crippen LogP contribution in [-0.2, 0) is 17.6 Å². The van der Waals surface area contributed by atoms with E-state index in [9.17, 15) is 0 Å². The minimum absolute atomic E-state index is 0.0884. The maximum Gasteiger partial charge on any atom is 0.0671 e. The Balaban J connectivity index is 2.36. The monoisotopic (exact) mass is 312 g/mol. The summed E-state index contributed by atoms with van der Waals surface area (Å²) in [5, 5.41) is 5.03. The van der Waals surface area contributed by atoms with E-state index in [1.54, 1.807) is 0 Å². The van der Waals surface area contributed by atoms with Gasteiger partial charge in [-0.25, -0.2) is 0 Å². The Morgan fingerprint density at radius 2 is 2.05 bits per heavy atom. The molecule has 3 unspecified atom stereocenters. The van der Waals surface area contributed by atoms with Crippen molar-refractivity contribution in [3.8, 4) is 0 Å². The van der Waals surface area contributed by atoms with Gasteiger partial charge in [0.1, 0.15) is 0 Å². The summed E-state index contributed by atoms with van der Waals surface area (Å²) in [4.78, 5) is 0. The van der Waals surface area contributed by atoms with Crippen LogP contribution in [0.3, 0.4) is 0 Å². The molecule has 1 heterocycles. The quantitative estimate of drug-likeness (QED) is 0.704. The minimum Gasteiger partial charge on any atom is -0.381 e. The predicted octanol–water partition coefficient (Wildman–Crippen LogP) is 4.83. The van der Waals surface area contributed by atoms with E-state index in [4.69, 9.17) is 21.4 Å². The molecular weight excluding hydrogens is 284 g/mol. The molecule has 4 heteroatoms. The van der Waals surface area contributed by atoms with Gasteiger partial charge in [-0.3, -0.25) is 4.68 Å². The highest BCUT2D eigenvalue weighted by molar-refractivity contribution is 6.21. The SMILES string of the molecule is CCc1nn(C2CCCC(OC)C2)c(CC)c1C(Cl)CC. The molecule has 1 aromatic heterocycles. The average molecular weight is 313 g/mol. The molecule has 1 aromatic rings. The van der Waals surface area contributed by atoms with Crippen LogP contribution in [0.2, 0.25) is 0 Å². The molecule has 21 heavy (non-hydrogen) atoms. The van der Waals surface area contributed by atoms with Gasteiger partial charge < -0.3 is 4.74 Å². The number of nitrogens with zero attached hydrogens (tertiary/aromatic N) is 2. The van der Waals surface area contributed by atoms with Crippen LogP contribution in [0.25, 0.3) is 0 Å². The maximum absolute atomic E-state index is 6.59. The zero-order valence-electron chi connectivity index (χ0n) is 13.9. The number of hydrogen-bond acceptors (Lipinski definition) is 2. The van der Waals surface area contributed by atoms with Crippen molar-refractivity contribution in [1.29, 1.82) is 0 Å². The van der Waals surface area contributed by atoms with Crippen LogP contribution in [0.5, 0.6) is 0 Å². The summed E-state index contributed by atoms with van der Waals surface area (Å²) in [6.45, 7) is 6.54. The van der Waals surface area contributed by atoms with Crippen molar-refractivity contribution in [2.45, 2.75) is 83.2 Å². The zero-order chi connectivity index (χ0) is 15.4. The van der Waals surface area contributed by atoms with Crippen molar-refractivity contribution in [2.75, 3.05) is 7.11 Å². The van der Waals surface area contributed by atoms with Gasteiger partial charge in [-0.15, -0.1) is 11.6 Å². The van der Waals surface area contributed by atoms with E-state index in [1.807, 2.05) is 7.11 Å². The molecule has 0 saturated heterocycles. The Bertz CT molecular complexity index is 458. The number of alkyl halides is 1. The molecule has 3 atom stereocenters. The first-order valence-corrected chi connectivity index (χ1v) is 8.86. The summed E-state index contributed by atoms with van der Waals surface area (Å²) >= 11 is 6.59. The van der Waals surface area contributed by atoms with Crippen molar-refractivity contribution in [1.82, 2.24) is 9.78 Å². The third kappa shape index (κ3) is 3.45. The third-order valence-corrected chi connectivity index (χ3v) is 5.27. The Labute approximate surface area is 134 Å². The molecule has 0 aliphatic heterocycles. The van der Waals surface area contributed by atoms with E-state index in [-0.39, 0.29) is 5.38 Å². The summed E-state index contributed by atoms with van der Waals surface area (Å²) in [6.07, 6.45) is 7.97. The lowest BCUT2D eigenvalue weighted by Crippen LogP contribution is -2.26. The number of rotatable bonds is 6. The topological polar surface area (TPSA) is 27.1 Å². The van der Waals surface area contributed by atoms with Crippen molar-refractivity contribution < 1.29 is 4.74 Å². The van der Waals surface area contributed by atoms with Gasteiger partial charge >= 0.3 is 0 Å². The Hall–Kier alpha value is -0.540. The molecule has 2 rings (SSSR count). The van der Waals surface area contributed by atoms with Crippen molar-refractivity contribution in [3.05, 3.63) is 17.0 Å². The number of aromatic nitrogens is 2. The molecule has 3 nitrogen and oxygen atoms in total. The number of ether oxygens (including phenoxy) is 1. The standard InChI is InChI=1S/C17H29ClN2O/c1-5-14(18)17-15(6-2)19-20(16(17)7-3)12-9-8-10-13(11-12)21-4/h12-14H,5-11H2,1-4H3. The van der Waals surface area contributed by atoms with Gasteiger partial charge in [-0.2, -0.15) is 5.10 Å². The van der Waals surface area contributed by atoms with Gasteiger partial charge in [0.05, 0.1) is 23.2 Å². The van der Waals surface area contributed by atoms with E-state index >= 15 is 0 Å². The lowest BCUT2D eigenvalue weighted by molar-refractivity contribution is 0.0502. The van der Waals surface area contributed by atoms with Crippen molar-refractivity contribution in [3.63, 3.8) is 0 Å². The first-order chi connectivity index (χ1) is 10.2. The average Bonchev–Trinajstić information content (AvgIpc) is 2.92. The van der Waals surface area contributed by atoms with E-state index in [2.05, 4.69) is 25.5 Å². The number of halogens is 1. The molecule has 0 radical (unpaired) electrons. The smallest absolute Gasteiger partial charge is 0.0671 e. The Morgan fingerprint density at radius 1 is 1.29 bits per heavy atom. The molecule has 0 N–H and O–H groups in total. The Morgan fingerprint density at radius 3 is 2.62 bits per heavy atom. The van der Waals surface area contributed by atoms with E-state index in [1.165, 1.54) is 36.2 Å². The minimum atomic E-state index is 0.0884. The van der Waals surface area contributed by atoms with E-state index in [0.717, 1.165) is 25.7 Å². The molecule has 0 aromatic carbocycles. The molecule has 1 aliphatic rings. The van der Waals surface area contributed by atoms with Gasteiger partial charge in [0.15, 0.2) is 0 Å². The fourth-order valence-electron chi connectivity index (χ4n) is 3.57. The largest absolute Gasteiger partial charge is 0.381 e. The van der Waals surface area contributed by atoms with Crippen LogP contribution >= 0.6 is 11.6 Å². The molecule has 120 valence electrons. The highest BCUT2D eigenvalue weighted by Crippen LogP contribution is 2.36. The first kappa shape index (κ1) is 16.8. The van der Waals surface area contributed by atoms with Crippen LogP contribution in [0.4, 0.5) is 0 Å². The summed E-state index contributed by atoms with van der Waals surface area (Å²) in [7, 11) is 1.83. The van der Waals surface area contributed by atoms with E-state index < -0.39 is 0 Å². The van der Waals surface area contributed by atoms with Crippen molar-refractivity contribution >= 4 is 11.6 Å². The van der Waals surface area contributed by atoms with Gasteiger partial charge in [-0.05, 0) is 44.9 Å². The van der Waals surface area contributed by atoms with Gasteiger partial charge in [0, 0.05) is 18.4 Å². The molecule has 1 fully saturated rings. The molecular formula is C17H29ClN2O.